The van der Waals surface area contributed by atoms with Crippen LogP contribution in [-0.2, 0) is 20.9 Å². The van der Waals surface area contributed by atoms with Crippen molar-refractivity contribution in [2.75, 3.05) is 13.7 Å². The number of rotatable bonds is 6. The lowest BCUT2D eigenvalue weighted by molar-refractivity contribution is -0.159. The van der Waals surface area contributed by atoms with Crippen LogP contribution in [0.25, 0.3) is 0 Å². The Morgan fingerprint density at radius 2 is 1.96 bits per heavy atom. The lowest BCUT2D eigenvalue weighted by atomic mass is 10.1. The normalized spacial score (nSPS) is 25.7. The van der Waals surface area contributed by atoms with Gasteiger partial charge in [0.15, 0.2) is 5.41 Å². The number of nitrogens with zero attached hydrogens (tertiary/aromatic N) is 1. The molecule has 0 unspecified atom stereocenters. The molecule has 1 aliphatic rings. The van der Waals surface area contributed by atoms with Gasteiger partial charge >= 0.3 is 5.97 Å². The number of methoxy groups -OCH3 is 1. The number of benzene rings is 1. The maximum absolute atomic E-state index is 12.3. The van der Waals surface area contributed by atoms with E-state index in [4.69, 9.17) is 14.2 Å². The van der Waals surface area contributed by atoms with Crippen LogP contribution in [0, 0.1) is 16.7 Å². The molecule has 0 aliphatic heterocycles. The van der Waals surface area contributed by atoms with Gasteiger partial charge in [0.25, 0.3) is 0 Å². The number of ether oxygens (including phenoxy) is 3. The Labute approximate surface area is 151 Å². The molecule has 5 nitrogen and oxygen atoms in total. The van der Waals surface area contributed by atoms with Gasteiger partial charge in [-0.3, -0.25) is 4.79 Å². The third kappa shape index (κ3) is 3.90. The highest BCUT2D eigenvalue weighted by Gasteiger charge is 2.73. The fraction of sp³-hybridized carbons (Fsp3) is 0.556. The number of carbonyl (C=O) groups is 1. The maximum Gasteiger partial charge on any atom is 0.328 e. The lowest BCUT2D eigenvalue weighted by Crippen LogP contribution is -2.34. The van der Waals surface area contributed by atoms with Crippen molar-refractivity contribution in [2.24, 2.45) is 5.41 Å². The molecule has 0 spiro atoms. The molecule has 0 radical (unpaired) electrons. The molecule has 6 heteroatoms. The van der Waals surface area contributed by atoms with Gasteiger partial charge in [0, 0.05) is 0 Å². The molecule has 2 atom stereocenters. The molecule has 0 aromatic heterocycles. The molecule has 1 aromatic carbocycles. The first-order valence-corrected chi connectivity index (χ1v) is 8.49. The first-order valence-electron chi connectivity index (χ1n) is 7.70. The zero-order valence-corrected chi connectivity index (χ0v) is 16.0. The summed E-state index contributed by atoms with van der Waals surface area (Å²) in [6.45, 7) is 6.01. The molecule has 1 aliphatic carbocycles. The van der Waals surface area contributed by atoms with Gasteiger partial charge in [-0.05, 0) is 44.9 Å². The van der Waals surface area contributed by atoms with Crippen LogP contribution in [0.15, 0.2) is 24.3 Å². The molecular formula is C18H22BrNO4. The number of halogens is 1. The van der Waals surface area contributed by atoms with E-state index in [1.54, 1.807) is 27.9 Å². The van der Waals surface area contributed by atoms with Gasteiger partial charge in [0.1, 0.15) is 11.4 Å². The van der Waals surface area contributed by atoms with Crippen LogP contribution in [0.5, 0.6) is 5.75 Å². The number of esters is 1. The van der Waals surface area contributed by atoms with E-state index in [9.17, 15) is 10.1 Å². The van der Waals surface area contributed by atoms with E-state index >= 15 is 0 Å². The van der Waals surface area contributed by atoms with Gasteiger partial charge in [-0.25, -0.2) is 0 Å². The predicted molar refractivity (Wildman–Crippen MR) is 92.8 cm³/mol. The third-order valence-corrected chi connectivity index (χ3v) is 5.07. The quantitative estimate of drug-likeness (QED) is 0.543. The first kappa shape index (κ1) is 18.8. The minimum Gasteiger partial charge on any atom is -0.497 e. The molecule has 0 saturated heterocycles. The van der Waals surface area contributed by atoms with Crippen molar-refractivity contribution < 1.29 is 19.0 Å². The molecule has 0 bridgehead atoms. The molecule has 2 rings (SSSR count). The summed E-state index contributed by atoms with van der Waals surface area (Å²) in [7, 11) is 1.62. The smallest absolute Gasteiger partial charge is 0.328 e. The summed E-state index contributed by atoms with van der Waals surface area (Å²) in [6.07, 6.45) is 0.383. The third-order valence-electron chi connectivity index (χ3n) is 3.88. The van der Waals surface area contributed by atoms with E-state index in [2.05, 4.69) is 22.0 Å². The minimum absolute atomic E-state index is 0.256. The van der Waals surface area contributed by atoms with Crippen molar-refractivity contribution in [2.45, 2.75) is 43.7 Å². The van der Waals surface area contributed by atoms with E-state index in [1.165, 1.54) is 0 Å². The summed E-state index contributed by atoms with van der Waals surface area (Å²) in [5, 5.41) is 9.48. The molecule has 0 heterocycles. The number of alkyl halides is 1. The highest BCUT2D eigenvalue weighted by molar-refractivity contribution is 9.10. The average Bonchev–Trinajstić information content (AvgIpc) is 3.13. The topological polar surface area (TPSA) is 68.5 Å². The van der Waals surface area contributed by atoms with Gasteiger partial charge in [-0.1, -0.05) is 28.1 Å². The molecule has 0 N–H and O–H groups in total. The fourth-order valence-corrected chi connectivity index (χ4v) is 3.24. The van der Waals surface area contributed by atoms with Crippen LogP contribution < -0.4 is 4.74 Å². The highest BCUT2D eigenvalue weighted by atomic mass is 79.9. The number of carbonyl (C=O) groups excluding carboxylic acids is 1. The zero-order valence-electron chi connectivity index (χ0n) is 14.4. The van der Waals surface area contributed by atoms with Crippen LogP contribution in [0.3, 0.4) is 0 Å². The van der Waals surface area contributed by atoms with Crippen LogP contribution in [0.4, 0.5) is 0 Å². The lowest BCUT2D eigenvalue weighted by Gasteiger charge is -2.23. The van der Waals surface area contributed by atoms with Crippen LogP contribution >= 0.6 is 15.9 Å². The Morgan fingerprint density at radius 3 is 2.46 bits per heavy atom. The largest absolute Gasteiger partial charge is 0.497 e. The molecular weight excluding hydrogens is 374 g/mol. The molecule has 130 valence electrons. The van der Waals surface area contributed by atoms with Gasteiger partial charge in [0.05, 0.1) is 30.7 Å². The Kier molecular flexibility index (Phi) is 5.26. The van der Waals surface area contributed by atoms with E-state index in [-0.39, 0.29) is 6.61 Å². The molecule has 1 saturated carbocycles. The summed E-state index contributed by atoms with van der Waals surface area (Å²) in [6, 6.07) is 9.66. The highest BCUT2D eigenvalue weighted by Crippen LogP contribution is 2.63. The van der Waals surface area contributed by atoms with Crippen molar-refractivity contribution in [1.29, 1.82) is 5.26 Å². The Balaban J connectivity index is 1.92. The first-order chi connectivity index (χ1) is 11.2. The van der Waals surface area contributed by atoms with E-state index in [1.807, 2.05) is 24.3 Å². The summed E-state index contributed by atoms with van der Waals surface area (Å²) < 4.78 is 15.5. The van der Waals surface area contributed by atoms with Gasteiger partial charge in [-0.15, -0.1) is 0 Å². The van der Waals surface area contributed by atoms with Gasteiger partial charge in [0.2, 0.25) is 0 Å². The standard InChI is InChI=1S/C18H22BrNO4/c1-16(2,3)24-15(21)17(11-20)10-18(17,19)12-23-9-13-5-7-14(22-4)8-6-13/h5-8H,9-10,12H2,1-4H3/t17-,18+/m0/s1. The number of nitriles is 1. The van der Waals surface area contributed by atoms with E-state index in [0.717, 1.165) is 11.3 Å². The summed E-state index contributed by atoms with van der Waals surface area (Å²) in [4.78, 5) is 12.3. The Morgan fingerprint density at radius 1 is 1.33 bits per heavy atom. The SMILES string of the molecule is COc1ccc(COC[C@]2(Br)C[C@]2(C#N)C(=O)OC(C)(C)C)cc1. The van der Waals surface area contributed by atoms with Crippen LogP contribution in [0.1, 0.15) is 32.8 Å². The predicted octanol–water partition coefficient (Wildman–Crippen LogP) is 3.60. The van der Waals surface area contributed by atoms with Crippen LogP contribution in [0.2, 0.25) is 0 Å². The second-order valence-electron chi connectivity index (χ2n) is 7.00. The van der Waals surface area contributed by atoms with Gasteiger partial charge < -0.3 is 14.2 Å². The summed E-state index contributed by atoms with van der Waals surface area (Å²) >= 11 is 3.51. The maximum atomic E-state index is 12.3. The summed E-state index contributed by atoms with van der Waals surface area (Å²) in [5.41, 5.74) is -0.811. The second kappa shape index (κ2) is 6.73. The Hall–Kier alpha value is -1.58. The van der Waals surface area contributed by atoms with Crippen molar-refractivity contribution in [3.63, 3.8) is 0 Å². The van der Waals surface area contributed by atoms with Crippen LogP contribution in [-0.4, -0.2) is 29.6 Å². The van der Waals surface area contributed by atoms with Crippen molar-refractivity contribution in [1.82, 2.24) is 0 Å². The Bertz CT molecular complexity index is 646. The minimum atomic E-state index is -1.18. The summed E-state index contributed by atoms with van der Waals surface area (Å²) in [5.74, 6) is 0.286. The van der Waals surface area contributed by atoms with Crippen molar-refractivity contribution >= 4 is 21.9 Å². The fourth-order valence-electron chi connectivity index (χ4n) is 2.41. The monoisotopic (exact) mass is 395 g/mol. The zero-order chi connectivity index (χ0) is 18.0. The van der Waals surface area contributed by atoms with Gasteiger partial charge in [-0.2, -0.15) is 5.26 Å². The van der Waals surface area contributed by atoms with E-state index < -0.39 is 21.3 Å². The number of hydrogen-bond acceptors (Lipinski definition) is 5. The second-order valence-corrected chi connectivity index (χ2v) is 8.52. The molecule has 1 aromatic rings. The average molecular weight is 396 g/mol. The number of hydrogen-bond donors (Lipinski definition) is 0. The molecule has 0 amide bonds. The molecule has 1 fully saturated rings. The van der Waals surface area contributed by atoms with Crippen molar-refractivity contribution in [3.05, 3.63) is 29.8 Å². The van der Waals surface area contributed by atoms with Crippen molar-refractivity contribution in [3.8, 4) is 11.8 Å². The van der Waals surface area contributed by atoms with E-state index in [0.29, 0.717) is 13.0 Å². The molecule has 24 heavy (non-hydrogen) atoms.